The molecule has 1 aliphatic rings. The van der Waals surface area contributed by atoms with Crippen LogP contribution in [0.3, 0.4) is 0 Å². The summed E-state index contributed by atoms with van der Waals surface area (Å²) in [6, 6.07) is 3.98. The zero-order chi connectivity index (χ0) is 7.84. The molecule has 0 aliphatic heterocycles. The second kappa shape index (κ2) is 2.42. The van der Waals surface area contributed by atoms with Crippen molar-refractivity contribution in [3.8, 4) is 0 Å². The molecule has 0 bridgehead atoms. The van der Waals surface area contributed by atoms with Gasteiger partial charge >= 0.3 is 0 Å². The summed E-state index contributed by atoms with van der Waals surface area (Å²) in [6.45, 7) is 0. The summed E-state index contributed by atoms with van der Waals surface area (Å²) < 4.78 is 0. The lowest BCUT2D eigenvalue weighted by molar-refractivity contribution is 0.912. The number of hydrogen-bond donors (Lipinski definition) is 1. The molecule has 0 spiro atoms. The third-order valence-corrected chi connectivity index (χ3v) is 2.69. The zero-order valence-corrected chi connectivity index (χ0v) is 6.99. The van der Waals surface area contributed by atoms with Gasteiger partial charge in [-0.1, -0.05) is 17.7 Å². The summed E-state index contributed by atoms with van der Waals surface area (Å²) in [4.78, 5) is 0. The average molecular weight is 168 g/mol. The van der Waals surface area contributed by atoms with E-state index in [4.69, 9.17) is 17.3 Å². The van der Waals surface area contributed by atoms with Gasteiger partial charge < -0.3 is 5.73 Å². The Hall–Kier alpha value is -0.690. The first kappa shape index (κ1) is 6.99. The lowest BCUT2D eigenvalue weighted by atomic mass is 10.1. The summed E-state index contributed by atoms with van der Waals surface area (Å²) in [5.41, 5.74) is 9.02. The number of hydrogen-bond acceptors (Lipinski definition) is 1. The molecule has 2 heteroatoms. The van der Waals surface area contributed by atoms with Crippen molar-refractivity contribution >= 4 is 17.3 Å². The van der Waals surface area contributed by atoms with E-state index >= 15 is 0 Å². The highest BCUT2D eigenvalue weighted by molar-refractivity contribution is 6.34. The van der Waals surface area contributed by atoms with Crippen LogP contribution < -0.4 is 5.73 Å². The topological polar surface area (TPSA) is 26.0 Å². The molecule has 0 amide bonds. The van der Waals surface area contributed by atoms with Gasteiger partial charge in [-0.3, -0.25) is 0 Å². The number of nitrogen functional groups attached to an aromatic ring is 1. The standard InChI is InChI=1S/C9H10ClN/c10-9-7-3-1-2-6(7)4-5-8(9)11/h4-5H,1-3,11H2. The number of aryl methyl sites for hydroxylation is 1. The van der Waals surface area contributed by atoms with Gasteiger partial charge in [0.1, 0.15) is 0 Å². The molecule has 0 saturated carbocycles. The lowest BCUT2D eigenvalue weighted by Crippen LogP contribution is -1.91. The first-order valence-electron chi connectivity index (χ1n) is 3.85. The predicted octanol–water partition coefficient (Wildman–Crippen LogP) is 2.41. The number of rotatable bonds is 0. The maximum atomic E-state index is 6.01. The Kier molecular flexibility index (Phi) is 1.53. The monoisotopic (exact) mass is 167 g/mol. The van der Waals surface area contributed by atoms with E-state index in [0.717, 1.165) is 17.9 Å². The van der Waals surface area contributed by atoms with Gasteiger partial charge in [-0.25, -0.2) is 0 Å². The van der Waals surface area contributed by atoms with E-state index in [-0.39, 0.29) is 0 Å². The van der Waals surface area contributed by atoms with Crippen LogP contribution in [0.2, 0.25) is 5.02 Å². The molecule has 2 N–H and O–H groups in total. The van der Waals surface area contributed by atoms with Crippen molar-refractivity contribution in [3.63, 3.8) is 0 Å². The molecule has 11 heavy (non-hydrogen) atoms. The molecule has 0 aromatic heterocycles. The number of benzene rings is 1. The minimum atomic E-state index is 0.715. The van der Waals surface area contributed by atoms with Crippen molar-refractivity contribution < 1.29 is 0 Å². The largest absolute Gasteiger partial charge is 0.398 e. The summed E-state index contributed by atoms with van der Waals surface area (Å²) in [7, 11) is 0. The molecule has 1 aromatic rings. The molecule has 1 aliphatic carbocycles. The van der Waals surface area contributed by atoms with Crippen LogP contribution in [0.25, 0.3) is 0 Å². The highest BCUT2D eigenvalue weighted by atomic mass is 35.5. The van der Waals surface area contributed by atoms with E-state index < -0.39 is 0 Å². The van der Waals surface area contributed by atoms with Crippen LogP contribution in [-0.4, -0.2) is 0 Å². The quantitative estimate of drug-likeness (QED) is 0.590. The van der Waals surface area contributed by atoms with Gasteiger partial charge in [-0.2, -0.15) is 0 Å². The fourth-order valence-electron chi connectivity index (χ4n) is 1.64. The third-order valence-electron chi connectivity index (χ3n) is 2.24. The van der Waals surface area contributed by atoms with E-state index in [2.05, 4.69) is 6.07 Å². The lowest BCUT2D eigenvalue weighted by Gasteiger charge is -2.03. The minimum Gasteiger partial charge on any atom is -0.398 e. The first-order valence-corrected chi connectivity index (χ1v) is 4.22. The smallest absolute Gasteiger partial charge is 0.0670 e. The van der Waals surface area contributed by atoms with Crippen molar-refractivity contribution in [1.82, 2.24) is 0 Å². The van der Waals surface area contributed by atoms with E-state index in [9.17, 15) is 0 Å². The number of nitrogens with two attached hydrogens (primary N) is 1. The molecule has 58 valence electrons. The van der Waals surface area contributed by atoms with Crippen LogP contribution in [0.4, 0.5) is 5.69 Å². The molecule has 0 saturated heterocycles. The van der Waals surface area contributed by atoms with Crippen LogP contribution in [-0.2, 0) is 12.8 Å². The van der Waals surface area contributed by atoms with Gasteiger partial charge in [0.25, 0.3) is 0 Å². The van der Waals surface area contributed by atoms with E-state index in [1.54, 1.807) is 0 Å². The van der Waals surface area contributed by atoms with Crippen molar-refractivity contribution in [1.29, 1.82) is 0 Å². The Morgan fingerprint density at radius 2 is 2.09 bits per heavy atom. The molecule has 0 unspecified atom stereocenters. The second-order valence-electron chi connectivity index (χ2n) is 2.96. The van der Waals surface area contributed by atoms with E-state index in [1.165, 1.54) is 17.5 Å². The minimum absolute atomic E-state index is 0.715. The Morgan fingerprint density at radius 3 is 2.91 bits per heavy atom. The highest BCUT2D eigenvalue weighted by Gasteiger charge is 2.14. The first-order chi connectivity index (χ1) is 5.29. The Morgan fingerprint density at radius 1 is 1.27 bits per heavy atom. The normalized spacial score (nSPS) is 15.0. The molecular formula is C9H10ClN. The fourth-order valence-corrected chi connectivity index (χ4v) is 1.92. The highest BCUT2D eigenvalue weighted by Crippen LogP contribution is 2.32. The van der Waals surface area contributed by atoms with Crippen LogP contribution in [0.1, 0.15) is 17.5 Å². The summed E-state index contributed by atoms with van der Waals surface area (Å²) in [5.74, 6) is 0. The van der Waals surface area contributed by atoms with Gasteiger partial charge in [0, 0.05) is 0 Å². The molecule has 0 radical (unpaired) electrons. The Labute approximate surface area is 71.2 Å². The van der Waals surface area contributed by atoms with Gasteiger partial charge in [-0.05, 0) is 36.5 Å². The van der Waals surface area contributed by atoms with Gasteiger partial charge in [0.15, 0.2) is 0 Å². The summed E-state index contributed by atoms with van der Waals surface area (Å²) in [5, 5.41) is 0.778. The van der Waals surface area contributed by atoms with Crippen molar-refractivity contribution in [2.45, 2.75) is 19.3 Å². The molecule has 0 atom stereocenters. The maximum absolute atomic E-state index is 6.01. The molecule has 1 aromatic carbocycles. The second-order valence-corrected chi connectivity index (χ2v) is 3.34. The Bertz CT molecular complexity index is 294. The Balaban J connectivity index is 2.62. The molecule has 1 nitrogen and oxygen atoms in total. The predicted molar refractivity (Wildman–Crippen MR) is 47.9 cm³/mol. The molecule has 2 rings (SSSR count). The zero-order valence-electron chi connectivity index (χ0n) is 6.23. The van der Waals surface area contributed by atoms with Crippen molar-refractivity contribution in [3.05, 3.63) is 28.3 Å². The van der Waals surface area contributed by atoms with E-state index in [1.807, 2.05) is 6.07 Å². The van der Waals surface area contributed by atoms with Crippen LogP contribution in [0.15, 0.2) is 12.1 Å². The number of anilines is 1. The summed E-state index contributed by atoms with van der Waals surface area (Å²) in [6.07, 6.45) is 3.48. The van der Waals surface area contributed by atoms with Crippen molar-refractivity contribution in [2.75, 3.05) is 5.73 Å². The SMILES string of the molecule is Nc1ccc2c(c1Cl)CCC2. The fraction of sp³-hybridized carbons (Fsp3) is 0.333. The van der Waals surface area contributed by atoms with E-state index in [0.29, 0.717) is 5.69 Å². The third kappa shape index (κ3) is 1.000. The maximum Gasteiger partial charge on any atom is 0.0670 e. The van der Waals surface area contributed by atoms with Crippen LogP contribution >= 0.6 is 11.6 Å². The van der Waals surface area contributed by atoms with Crippen LogP contribution in [0.5, 0.6) is 0 Å². The molecular weight excluding hydrogens is 158 g/mol. The van der Waals surface area contributed by atoms with Gasteiger partial charge in [-0.15, -0.1) is 0 Å². The number of halogens is 1. The molecule has 0 fully saturated rings. The number of fused-ring (bicyclic) bond motifs is 1. The van der Waals surface area contributed by atoms with Crippen molar-refractivity contribution in [2.24, 2.45) is 0 Å². The summed E-state index contributed by atoms with van der Waals surface area (Å²) >= 11 is 6.01. The average Bonchev–Trinajstić information content (AvgIpc) is 2.45. The molecule has 0 heterocycles. The van der Waals surface area contributed by atoms with Gasteiger partial charge in [0.05, 0.1) is 10.7 Å². The van der Waals surface area contributed by atoms with Gasteiger partial charge in [0.2, 0.25) is 0 Å². The van der Waals surface area contributed by atoms with Crippen LogP contribution in [0, 0.1) is 0 Å².